The molecule has 0 radical (unpaired) electrons. The van der Waals surface area contributed by atoms with E-state index in [0.717, 1.165) is 37.6 Å². The minimum absolute atomic E-state index is 0.136. The number of hydrogen-bond acceptors (Lipinski definition) is 5. The Hall–Kier alpha value is -1.83. The van der Waals surface area contributed by atoms with Crippen LogP contribution in [0.1, 0.15) is 18.4 Å². The number of rotatable bonds is 7. The predicted octanol–water partition coefficient (Wildman–Crippen LogP) is 0.437. The summed E-state index contributed by atoms with van der Waals surface area (Å²) in [6, 6.07) is 7.90. The van der Waals surface area contributed by atoms with Gasteiger partial charge in [-0.1, -0.05) is 12.1 Å². The van der Waals surface area contributed by atoms with Gasteiger partial charge in [0.25, 0.3) is 0 Å². The Kier molecular flexibility index (Phi) is 6.28. The normalized spacial score (nSPS) is 18.7. The number of urea groups is 1. The molecule has 0 saturated carbocycles. The van der Waals surface area contributed by atoms with E-state index in [1.54, 1.807) is 0 Å². The van der Waals surface area contributed by atoms with E-state index in [0.29, 0.717) is 6.54 Å². The molecule has 2 fully saturated rings. The van der Waals surface area contributed by atoms with Crippen molar-refractivity contribution in [2.45, 2.75) is 25.4 Å². The molecule has 0 atom stereocenters. The minimum atomic E-state index is -0.142. The maximum atomic E-state index is 11.8. The van der Waals surface area contributed by atoms with Gasteiger partial charge in [0.15, 0.2) is 0 Å². The molecule has 1 aromatic carbocycles. The van der Waals surface area contributed by atoms with Crippen molar-refractivity contribution < 1.29 is 9.53 Å². The molecule has 0 bridgehead atoms. The monoisotopic (exact) mass is 333 g/mol. The van der Waals surface area contributed by atoms with Crippen LogP contribution in [0.15, 0.2) is 24.3 Å². The molecule has 24 heavy (non-hydrogen) atoms. The van der Waals surface area contributed by atoms with Crippen molar-refractivity contribution in [1.29, 1.82) is 0 Å². The second-order valence-electron chi connectivity index (χ2n) is 6.33. The third-order valence-corrected chi connectivity index (χ3v) is 4.41. The van der Waals surface area contributed by atoms with E-state index in [4.69, 9.17) is 4.74 Å². The van der Waals surface area contributed by atoms with Crippen LogP contribution in [-0.4, -0.2) is 56.3 Å². The Labute approximate surface area is 143 Å². The molecule has 1 aromatic rings. The second-order valence-corrected chi connectivity index (χ2v) is 6.33. The van der Waals surface area contributed by atoms with Crippen molar-refractivity contribution in [3.8, 4) is 5.75 Å². The first-order chi connectivity index (χ1) is 11.8. The number of amides is 2. The highest BCUT2D eigenvalue weighted by molar-refractivity contribution is 5.74. The van der Waals surface area contributed by atoms with E-state index in [-0.39, 0.29) is 12.1 Å². The zero-order chi connectivity index (χ0) is 16.6. The largest absolute Gasteiger partial charge is 0.492 e. The Balaban J connectivity index is 1.33. The highest BCUT2D eigenvalue weighted by Crippen LogP contribution is 2.13. The van der Waals surface area contributed by atoms with E-state index < -0.39 is 0 Å². The van der Waals surface area contributed by atoms with E-state index in [1.165, 1.54) is 25.9 Å². The summed E-state index contributed by atoms with van der Waals surface area (Å²) < 4.78 is 5.78. The van der Waals surface area contributed by atoms with Gasteiger partial charge in [0.2, 0.25) is 0 Å². The van der Waals surface area contributed by atoms with Crippen molar-refractivity contribution in [1.82, 2.24) is 26.4 Å². The molecule has 2 aliphatic heterocycles. The quantitative estimate of drug-likeness (QED) is 0.582. The first-order valence-electron chi connectivity index (χ1n) is 8.74. The lowest BCUT2D eigenvalue weighted by Crippen LogP contribution is -2.44. The molecular weight excluding hydrogens is 306 g/mol. The van der Waals surface area contributed by atoms with Crippen LogP contribution in [0.5, 0.6) is 5.75 Å². The summed E-state index contributed by atoms with van der Waals surface area (Å²) in [6.07, 6.45) is 2.62. The number of hydrogen-bond donors (Lipinski definition) is 4. The van der Waals surface area contributed by atoms with Crippen LogP contribution >= 0.6 is 0 Å². The van der Waals surface area contributed by atoms with Crippen molar-refractivity contribution in [3.63, 3.8) is 0 Å². The van der Waals surface area contributed by atoms with Crippen LogP contribution in [0, 0.1) is 0 Å². The van der Waals surface area contributed by atoms with Gasteiger partial charge in [0.1, 0.15) is 12.4 Å². The van der Waals surface area contributed by atoms with E-state index in [2.05, 4.69) is 26.4 Å². The fourth-order valence-corrected chi connectivity index (χ4v) is 2.99. The molecule has 7 heteroatoms. The summed E-state index contributed by atoms with van der Waals surface area (Å²) in [7, 11) is 0. The Morgan fingerprint density at radius 1 is 1.17 bits per heavy atom. The summed E-state index contributed by atoms with van der Waals surface area (Å²) >= 11 is 0. The summed E-state index contributed by atoms with van der Waals surface area (Å²) in [6.45, 7) is 6.12. The molecule has 2 heterocycles. The fraction of sp³-hybridized carbons (Fsp3) is 0.588. The van der Waals surface area contributed by atoms with Gasteiger partial charge in [-0.25, -0.2) is 4.79 Å². The average Bonchev–Trinajstić information content (AvgIpc) is 3.28. The molecule has 3 rings (SSSR count). The fourth-order valence-electron chi connectivity index (χ4n) is 2.99. The minimum Gasteiger partial charge on any atom is -0.492 e. The lowest BCUT2D eigenvalue weighted by molar-refractivity contribution is 0.237. The highest BCUT2D eigenvalue weighted by Gasteiger charge is 2.15. The van der Waals surface area contributed by atoms with Crippen molar-refractivity contribution in [3.05, 3.63) is 29.8 Å². The van der Waals surface area contributed by atoms with Gasteiger partial charge in [-0.2, -0.15) is 0 Å². The number of carbonyl (C=O) groups excluding carboxylic acids is 1. The summed E-state index contributed by atoms with van der Waals surface area (Å²) in [5, 5.41) is 5.78. The lowest BCUT2D eigenvalue weighted by Gasteiger charge is -2.15. The Bertz CT molecular complexity index is 510. The van der Waals surface area contributed by atoms with Gasteiger partial charge in [0.05, 0.1) is 6.04 Å². The van der Waals surface area contributed by atoms with Crippen LogP contribution in [-0.2, 0) is 6.54 Å². The van der Waals surface area contributed by atoms with Crippen molar-refractivity contribution in [2.75, 3.05) is 39.3 Å². The van der Waals surface area contributed by atoms with Crippen LogP contribution < -0.4 is 26.2 Å². The lowest BCUT2D eigenvalue weighted by atomic mass is 10.2. The van der Waals surface area contributed by atoms with E-state index in [9.17, 15) is 4.79 Å². The molecule has 2 aliphatic rings. The van der Waals surface area contributed by atoms with Gasteiger partial charge >= 0.3 is 6.03 Å². The zero-order valence-electron chi connectivity index (χ0n) is 14.0. The van der Waals surface area contributed by atoms with Crippen LogP contribution in [0.25, 0.3) is 0 Å². The molecule has 7 nitrogen and oxygen atoms in total. The molecular formula is C17H27N5O2. The van der Waals surface area contributed by atoms with Gasteiger partial charge < -0.3 is 15.4 Å². The second kappa shape index (κ2) is 8.86. The molecule has 0 aliphatic carbocycles. The van der Waals surface area contributed by atoms with Gasteiger partial charge in [0, 0.05) is 26.2 Å². The number of likely N-dealkylation sites (tertiary alicyclic amines) is 1. The predicted molar refractivity (Wildman–Crippen MR) is 92.8 cm³/mol. The topological polar surface area (TPSA) is 77.7 Å². The van der Waals surface area contributed by atoms with Crippen LogP contribution in [0.3, 0.4) is 0 Å². The average molecular weight is 333 g/mol. The van der Waals surface area contributed by atoms with E-state index >= 15 is 0 Å². The molecule has 0 aromatic heterocycles. The van der Waals surface area contributed by atoms with E-state index in [1.807, 2.05) is 24.3 Å². The number of nitrogens with zero attached hydrogens (tertiary/aromatic N) is 1. The summed E-state index contributed by atoms with van der Waals surface area (Å²) in [5.74, 6) is 0.880. The maximum absolute atomic E-state index is 11.8. The van der Waals surface area contributed by atoms with Crippen LogP contribution in [0.4, 0.5) is 4.79 Å². The third-order valence-electron chi connectivity index (χ3n) is 4.41. The van der Waals surface area contributed by atoms with Gasteiger partial charge in [-0.05, 0) is 43.6 Å². The Morgan fingerprint density at radius 2 is 1.88 bits per heavy atom. The molecule has 2 amide bonds. The molecule has 2 saturated heterocycles. The van der Waals surface area contributed by atoms with Gasteiger partial charge in [-0.3, -0.25) is 15.8 Å². The molecule has 132 valence electrons. The van der Waals surface area contributed by atoms with Crippen molar-refractivity contribution >= 4 is 6.03 Å². The zero-order valence-corrected chi connectivity index (χ0v) is 14.0. The summed E-state index contributed by atoms with van der Waals surface area (Å²) in [5.41, 5.74) is 7.02. The van der Waals surface area contributed by atoms with Crippen molar-refractivity contribution in [2.24, 2.45) is 0 Å². The van der Waals surface area contributed by atoms with Crippen LogP contribution in [0.2, 0.25) is 0 Å². The van der Waals surface area contributed by atoms with Gasteiger partial charge in [-0.15, -0.1) is 0 Å². The number of ether oxygens (including phenoxy) is 1. The molecule has 4 N–H and O–H groups in total. The first-order valence-corrected chi connectivity index (χ1v) is 8.74. The SMILES string of the molecule is O=C(NCc1ccc(OCCN2CCCC2)cc1)NC1CNNC1. The number of nitrogens with one attached hydrogen (secondary N) is 4. The third kappa shape index (κ3) is 5.36. The molecule has 0 spiro atoms. The Morgan fingerprint density at radius 3 is 2.58 bits per heavy atom. The first kappa shape index (κ1) is 17.0. The number of hydrazine groups is 1. The maximum Gasteiger partial charge on any atom is 0.315 e. The summed E-state index contributed by atoms with van der Waals surface area (Å²) in [4.78, 5) is 14.2. The number of carbonyl (C=O) groups is 1. The number of benzene rings is 1. The molecule has 0 unspecified atom stereocenters. The standard InChI is InChI=1S/C17H27N5O2/c23-17(21-15-12-19-20-13-15)18-11-14-3-5-16(6-4-14)24-10-9-22-7-1-2-8-22/h3-6,15,19-20H,1-2,7-13H2,(H2,18,21,23). The highest BCUT2D eigenvalue weighted by atomic mass is 16.5. The smallest absolute Gasteiger partial charge is 0.315 e.